The maximum absolute atomic E-state index is 13.2. The molecule has 0 spiro atoms. The molecular formula is C17H14FNO3. The molecule has 3 aliphatic carbocycles. The molecule has 0 aromatic heterocycles. The SMILES string of the molecule is O=C(Nc1cccc(F)c1)C1C(=O)C2C3C=CC(C3)C2C1=O. The van der Waals surface area contributed by atoms with Crippen molar-refractivity contribution < 1.29 is 18.8 Å². The lowest BCUT2D eigenvalue weighted by Gasteiger charge is -2.16. The lowest BCUT2D eigenvalue weighted by molar-refractivity contribution is -0.136. The highest BCUT2D eigenvalue weighted by Crippen LogP contribution is 2.53. The first-order valence-corrected chi connectivity index (χ1v) is 7.38. The van der Waals surface area contributed by atoms with Gasteiger partial charge in [0.1, 0.15) is 5.82 Å². The maximum atomic E-state index is 13.2. The van der Waals surface area contributed by atoms with E-state index in [9.17, 15) is 18.8 Å². The minimum absolute atomic E-state index is 0.0958. The van der Waals surface area contributed by atoms with E-state index < -0.39 is 17.6 Å². The van der Waals surface area contributed by atoms with Crippen LogP contribution in [0.3, 0.4) is 0 Å². The van der Waals surface area contributed by atoms with Gasteiger partial charge in [0.05, 0.1) is 0 Å². The summed E-state index contributed by atoms with van der Waals surface area (Å²) in [4.78, 5) is 37.3. The van der Waals surface area contributed by atoms with Gasteiger partial charge in [0, 0.05) is 17.5 Å². The Labute approximate surface area is 126 Å². The Morgan fingerprint density at radius 1 is 1.09 bits per heavy atom. The van der Waals surface area contributed by atoms with Gasteiger partial charge in [0.25, 0.3) is 0 Å². The van der Waals surface area contributed by atoms with Gasteiger partial charge in [-0.2, -0.15) is 0 Å². The predicted molar refractivity (Wildman–Crippen MR) is 76.3 cm³/mol. The van der Waals surface area contributed by atoms with Crippen LogP contribution in [0.2, 0.25) is 0 Å². The zero-order valence-electron chi connectivity index (χ0n) is 11.7. The van der Waals surface area contributed by atoms with Gasteiger partial charge in [0.15, 0.2) is 17.5 Å². The van der Waals surface area contributed by atoms with Crippen LogP contribution < -0.4 is 5.32 Å². The van der Waals surface area contributed by atoms with Crippen LogP contribution >= 0.6 is 0 Å². The van der Waals surface area contributed by atoms with Gasteiger partial charge >= 0.3 is 0 Å². The molecule has 0 heterocycles. The van der Waals surface area contributed by atoms with E-state index in [1.165, 1.54) is 18.2 Å². The summed E-state index contributed by atoms with van der Waals surface area (Å²) in [5.41, 5.74) is 0.253. The van der Waals surface area contributed by atoms with Gasteiger partial charge in [0.2, 0.25) is 5.91 Å². The zero-order valence-corrected chi connectivity index (χ0v) is 11.7. The van der Waals surface area contributed by atoms with Crippen LogP contribution in [-0.4, -0.2) is 17.5 Å². The fourth-order valence-corrected chi connectivity index (χ4v) is 4.16. The molecule has 1 amide bonds. The predicted octanol–water partition coefficient (Wildman–Crippen LogP) is 1.97. The Bertz CT molecular complexity index is 696. The number of hydrogen-bond donors (Lipinski definition) is 1. The number of hydrogen-bond acceptors (Lipinski definition) is 3. The Kier molecular flexibility index (Phi) is 2.79. The lowest BCUT2D eigenvalue weighted by Crippen LogP contribution is -2.33. The van der Waals surface area contributed by atoms with Crippen LogP contribution in [0.4, 0.5) is 10.1 Å². The van der Waals surface area contributed by atoms with Crippen molar-refractivity contribution in [1.29, 1.82) is 0 Å². The summed E-state index contributed by atoms with van der Waals surface area (Å²) >= 11 is 0. The average molecular weight is 299 g/mol. The number of benzene rings is 1. The first kappa shape index (κ1) is 13.4. The molecule has 1 aromatic rings. The van der Waals surface area contributed by atoms with E-state index >= 15 is 0 Å². The summed E-state index contributed by atoms with van der Waals surface area (Å²) in [5, 5.41) is 2.48. The third kappa shape index (κ3) is 1.78. The first-order chi connectivity index (χ1) is 10.6. The summed E-state index contributed by atoms with van der Waals surface area (Å²) < 4.78 is 13.2. The Morgan fingerprint density at radius 2 is 1.73 bits per heavy atom. The van der Waals surface area contributed by atoms with Crippen LogP contribution in [0.1, 0.15) is 6.42 Å². The Hall–Kier alpha value is -2.30. The zero-order chi connectivity index (χ0) is 15.4. The molecule has 0 aliphatic heterocycles. The van der Waals surface area contributed by atoms with Crippen molar-refractivity contribution in [2.75, 3.05) is 5.32 Å². The molecule has 0 radical (unpaired) electrons. The van der Waals surface area contributed by atoms with Crippen LogP contribution in [0.5, 0.6) is 0 Å². The molecule has 2 saturated carbocycles. The molecular weight excluding hydrogens is 285 g/mol. The summed E-state index contributed by atoms with van der Waals surface area (Å²) in [6.07, 6.45) is 4.82. The highest BCUT2D eigenvalue weighted by atomic mass is 19.1. The minimum atomic E-state index is -1.25. The largest absolute Gasteiger partial charge is 0.325 e. The third-order valence-electron chi connectivity index (χ3n) is 5.04. The number of carbonyl (C=O) groups is 3. The van der Waals surface area contributed by atoms with E-state index in [0.29, 0.717) is 0 Å². The molecule has 1 aromatic carbocycles. The Balaban J connectivity index is 1.57. The second-order valence-corrected chi connectivity index (χ2v) is 6.24. The number of rotatable bonds is 2. The van der Waals surface area contributed by atoms with Crippen molar-refractivity contribution in [3.8, 4) is 0 Å². The number of anilines is 1. The van der Waals surface area contributed by atoms with Gasteiger partial charge in [-0.05, 0) is 36.5 Å². The van der Waals surface area contributed by atoms with Crippen molar-refractivity contribution in [2.45, 2.75) is 6.42 Å². The van der Waals surface area contributed by atoms with Crippen LogP contribution in [0, 0.1) is 35.4 Å². The number of ketones is 2. The number of halogens is 1. The molecule has 2 bridgehead atoms. The first-order valence-electron chi connectivity index (χ1n) is 7.38. The van der Waals surface area contributed by atoms with Crippen molar-refractivity contribution in [3.05, 3.63) is 42.2 Å². The van der Waals surface area contributed by atoms with E-state index in [1.807, 2.05) is 12.2 Å². The quantitative estimate of drug-likeness (QED) is 0.671. The standard InChI is InChI=1S/C17H14FNO3/c18-10-2-1-3-11(7-10)19-17(22)14-15(20)12-8-4-5-9(6-8)13(12)16(14)21/h1-5,7-9,12-14H,6H2,(H,19,22). The number of carbonyl (C=O) groups excluding carboxylic acids is 3. The summed E-state index contributed by atoms with van der Waals surface area (Å²) in [7, 11) is 0. The second kappa shape index (κ2) is 4.60. The molecule has 4 atom stereocenters. The van der Waals surface area contributed by atoms with E-state index in [0.717, 1.165) is 12.5 Å². The number of amides is 1. The normalized spacial score (nSPS) is 35.0. The Morgan fingerprint density at radius 3 is 2.32 bits per heavy atom. The lowest BCUT2D eigenvalue weighted by atomic mass is 9.85. The summed E-state index contributed by atoms with van der Waals surface area (Å²) in [6.45, 7) is 0. The van der Waals surface area contributed by atoms with Gasteiger partial charge < -0.3 is 5.32 Å². The molecule has 4 unspecified atom stereocenters. The topological polar surface area (TPSA) is 63.2 Å². The van der Waals surface area contributed by atoms with Crippen molar-refractivity contribution >= 4 is 23.2 Å². The number of fused-ring (bicyclic) bond motifs is 5. The molecule has 5 heteroatoms. The summed E-state index contributed by atoms with van der Waals surface area (Å²) in [5.74, 6) is -3.42. The number of nitrogens with one attached hydrogen (secondary N) is 1. The van der Waals surface area contributed by atoms with Crippen LogP contribution in [-0.2, 0) is 14.4 Å². The molecule has 4 rings (SSSR count). The number of Topliss-reactive ketones (excluding diaryl/α,β-unsaturated/α-hetero) is 2. The smallest absolute Gasteiger partial charge is 0.242 e. The van der Waals surface area contributed by atoms with Crippen molar-refractivity contribution in [3.63, 3.8) is 0 Å². The molecule has 0 saturated heterocycles. The van der Waals surface area contributed by atoms with Crippen molar-refractivity contribution in [1.82, 2.24) is 0 Å². The van der Waals surface area contributed by atoms with Crippen molar-refractivity contribution in [2.24, 2.45) is 29.6 Å². The van der Waals surface area contributed by atoms with E-state index in [1.54, 1.807) is 0 Å². The fourth-order valence-electron chi connectivity index (χ4n) is 4.16. The van der Waals surface area contributed by atoms with Gasteiger partial charge in [-0.15, -0.1) is 0 Å². The molecule has 4 nitrogen and oxygen atoms in total. The van der Waals surface area contributed by atoms with E-state index in [2.05, 4.69) is 5.32 Å². The van der Waals surface area contributed by atoms with Gasteiger partial charge in [-0.1, -0.05) is 18.2 Å². The number of allylic oxidation sites excluding steroid dienone is 2. The maximum Gasteiger partial charge on any atom is 0.242 e. The average Bonchev–Trinajstić information content (AvgIpc) is 3.13. The minimum Gasteiger partial charge on any atom is -0.325 e. The molecule has 3 aliphatic rings. The van der Waals surface area contributed by atoms with Crippen LogP contribution in [0.25, 0.3) is 0 Å². The highest BCUT2D eigenvalue weighted by molar-refractivity contribution is 6.27. The van der Waals surface area contributed by atoms with E-state index in [4.69, 9.17) is 0 Å². The van der Waals surface area contributed by atoms with Gasteiger partial charge in [-0.25, -0.2) is 4.39 Å². The monoisotopic (exact) mass is 299 g/mol. The second-order valence-electron chi connectivity index (χ2n) is 6.24. The molecule has 112 valence electrons. The van der Waals surface area contributed by atoms with Crippen LogP contribution in [0.15, 0.2) is 36.4 Å². The molecule has 22 heavy (non-hydrogen) atoms. The van der Waals surface area contributed by atoms with E-state index in [-0.39, 0.29) is 40.9 Å². The highest BCUT2D eigenvalue weighted by Gasteiger charge is 2.61. The van der Waals surface area contributed by atoms with Gasteiger partial charge in [-0.3, -0.25) is 14.4 Å². The summed E-state index contributed by atoms with van der Waals surface area (Å²) in [6, 6.07) is 5.41. The fraction of sp³-hybridized carbons (Fsp3) is 0.353. The molecule has 1 N–H and O–H groups in total. The molecule has 2 fully saturated rings. The third-order valence-corrected chi connectivity index (χ3v) is 5.04.